The molecule has 4 aliphatic carbocycles. The molecule has 9 atom stereocenters. The van der Waals surface area contributed by atoms with Crippen LogP contribution >= 0.6 is 0 Å². The zero-order valence-corrected chi connectivity index (χ0v) is 19.4. The summed E-state index contributed by atoms with van der Waals surface area (Å²) >= 11 is 0. The zero-order valence-electron chi connectivity index (χ0n) is 19.4. The molecule has 3 saturated carbocycles. The summed E-state index contributed by atoms with van der Waals surface area (Å²) in [5.74, 6) is 3.58. The lowest BCUT2D eigenvalue weighted by atomic mass is 9.47. The van der Waals surface area contributed by atoms with E-state index in [1.165, 1.54) is 51.4 Å². The lowest BCUT2D eigenvalue weighted by molar-refractivity contribution is -0.253. The molecule has 0 bridgehead atoms. The van der Waals surface area contributed by atoms with Crippen LogP contribution in [0.15, 0.2) is 11.6 Å². The smallest absolute Gasteiger partial charge is 0.172 e. The average molecular weight is 399 g/mol. The first-order valence-corrected chi connectivity index (χ1v) is 12.8. The predicted octanol–water partition coefficient (Wildman–Crippen LogP) is 6.89. The van der Waals surface area contributed by atoms with Crippen LogP contribution in [0.1, 0.15) is 98.8 Å². The number of hydrogen-bond acceptors (Lipinski definition) is 2. The molecule has 0 unspecified atom stereocenters. The topological polar surface area (TPSA) is 18.5 Å². The van der Waals surface area contributed by atoms with Crippen LogP contribution in [-0.2, 0) is 9.47 Å². The minimum absolute atomic E-state index is 0.0228. The summed E-state index contributed by atoms with van der Waals surface area (Å²) in [7, 11) is 0. The van der Waals surface area contributed by atoms with Crippen molar-refractivity contribution in [3.63, 3.8) is 0 Å². The average Bonchev–Trinajstić information content (AvgIpc) is 3.23. The van der Waals surface area contributed by atoms with Gasteiger partial charge in [0.2, 0.25) is 0 Å². The van der Waals surface area contributed by atoms with Gasteiger partial charge in [0.25, 0.3) is 0 Å². The predicted molar refractivity (Wildman–Crippen MR) is 116 cm³/mol. The molecule has 162 valence electrons. The fraction of sp³-hybridized carbons (Fsp3) is 0.926. The molecule has 0 amide bonds. The third-order valence-electron chi connectivity index (χ3n) is 11.2. The van der Waals surface area contributed by atoms with Crippen LogP contribution in [-0.4, -0.2) is 17.5 Å². The van der Waals surface area contributed by atoms with Crippen LogP contribution in [0.3, 0.4) is 0 Å². The Labute approximate surface area is 178 Å². The van der Waals surface area contributed by atoms with Crippen molar-refractivity contribution in [3.8, 4) is 0 Å². The Hall–Kier alpha value is -0.340. The second-order valence-electron chi connectivity index (χ2n) is 12.9. The maximum atomic E-state index is 6.91. The van der Waals surface area contributed by atoms with E-state index in [4.69, 9.17) is 9.47 Å². The summed E-state index contributed by atoms with van der Waals surface area (Å²) in [6.45, 7) is 12.2. The van der Waals surface area contributed by atoms with Gasteiger partial charge in [-0.2, -0.15) is 0 Å². The summed E-state index contributed by atoms with van der Waals surface area (Å²) in [6.07, 6.45) is 16.5. The maximum absolute atomic E-state index is 6.91. The fourth-order valence-electron chi connectivity index (χ4n) is 9.83. The lowest BCUT2D eigenvalue weighted by Crippen LogP contribution is -2.51. The van der Waals surface area contributed by atoms with Crippen LogP contribution in [0.2, 0.25) is 0 Å². The molecule has 0 N–H and O–H groups in total. The van der Waals surface area contributed by atoms with Crippen molar-refractivity contribution in [1.29, 1.82) is 0 Å². The van der Waals surface area contributed by atoms with E-state index in [2.05, 4.69) is 40.7 Å². The van der Waals surface area contributed by atoms with Crippen molar-refractivity contribution < 1.29 is 9.47 Å². The first-order valence-electron chi connectivity index (χ1n) is 12.8. The van der Waals surface area contributed by atoms with Gasteiger partial charge in [0.1, 0.15) is 0 Å². The van der Waals surface area contributed by atoms with Crippen LogP contribution in [0.4, 0.5) is 0 Å². The number of hydrogen-bond donors (Lipinski definition) is 0. The third-order valence-corrected chi connectivity index (χ3v) is 11.2. The van der Waals surface area contributed by atoms with Crippen molar-refractivity contribution in [3.05, 3.63) is 11.6 Å². The molecule has 5 fully saturated rings. The van der Waals surface area contributed by atoms with Gasteiger partial charge in [0, 0.05) is 12.3 Å². The highest BCUT2D eigenvalue weighted by Gasteiger charge is 2.69. The Kier molecular flexibility index (Phi) is 3.95. The molecule has 0 radical (unpaired) electrons. The van der Waals surface area contributed by atoms with Gasteiger partial charge in [-0.1, -0.05) is 38.8 Å². The number of rotatable bonds is 0. The second-order valence-corrected chi connectivity index (χ2v) is 12.9. The molecule has 6 aliphatic rings. The Morgan fingerprint density at radius 1 is 0.966 bits per heavy atom. The summed E-state index contributed by atoms with van der Waals surface area (Å²) < 4.78 is 13.5. The molecule has 2 saturated heterocycles. The normalized spacial score (nSPS) is 57.8. The highest BCUT2D eigenvalue weighted by Crippen LogP contribution is 2.71. The van der Waals surface area contributed by atoms with Crippen LogP contribution in [0, 0.1) is 40.4 Å². The van der Waals surface area contributed by atoms with Gasteiger partial charge in [-0.15, -0.1) is 0 Å². The standard InChI is InChI=1S/C27H42O2/c1-17-23-22(28-27(17)15-14-24(2,3)29-27)16-21-19-10-9-18-8-6-7-12-25(18,4)20(19)11-13-26(21,23)5/h9,17,19-23H,6-8,10-16H2,1-5H3/t17-,19+,20-,21-,22-,23-,25-,26-,27-/m0/s1. The first kappa shape index (κ1) is 19.4. The van der Waals surface area contributed by atoms with Gasteiger partial charge in [0.05, 0.1) is 11.7 Å². The van der Waals surface area contributed by atoms with Gasteiger partial charge in [-0.25, -0.2) is 0 Å². The molecular weight excluding hydrogens is 356 g/mol. The largest absolute Gasteiger partial charge is 0.346 e. The molecule has 0 aromatic rings. The van der Waals surface area contributed by atoms with Crippen LogP contribution < -0.4 is 0 Å². The van der Waals surface area contributed by atoms with Crippen LogP contribution in [0.25, 0.3) is 0 Å². The van der Waals surface area contributed by atoms with Gasteiger partial charge < -0.3 is 9.47 Å². The van der Waals surface area contributed by atoms with E-state index in [9.17, 15) is 0 Å². The van der Waals surface area contributed by atoms with Crippen molar-refractivity contribution in [1.82, 2.24) is 0 Å². The molecule has 0 aromatic carbocycles. The summed E-state index contributed by atoms with van der Waals surface area (Å²) in [6, 6.07) is 0. The third kappa shape index (κ3) is 2.43. The van der Waals surface area contributed by atoms with E-state index in [1.54, 1.807) is 0 Å². The minimum Gasteiger partial charge on any atom is -0.346 e. The van der Waals surface area contributed by atoms with Crippen molar-refractivity contribution in [2.75, 3.05) is 0 Å². The number of fused-ring (bicyclic) bond motifs is 7. The Morgan fingerprint density at radius 2 is 1.79 bits per heavy atom. The Balaban J connectivity index is 1.31. The SMILES string of the molecule is C[C@H]1[C@H]2[C@H](C[C@H]3[C@@H]4CC=C5CCCC[C@]5(C)[C@H]4CC[C@]23C)O[C@]12CCC(C)(C)O2. The molecule has 2 heterocycles. The van der Waals surface area contributed by atoms with Gasteiger partial charge in [-0.3, -0.25) is 0 Å². The van der Waals surface area contributed by atoms with E-state index in [0.717, 1.165) is 30.6 Å². The molecule has 1 spiro atoms. The molecule has 6 rings (SSSR count). The van der Waals surface area contributed by atoms with Gasteiger partial charge >= 0.3 is 0 Å². The van der Waals surface area contributed by atoms with Crippen LogP contribution in [0.5, 0.6) is 0 Å². The molecular formula is C27H42O2. The summed E-state index contributed by atoms with van der Waals surface area (Å²) in [5, 5.41) is 0. The monoisotopic (exact) mass is 398 g/mol. The lowest BCUT2D eigenvalue weighted by Gasteiger charge is -2.58. The van der Waals surface area contributed by atoms with Crippen molar-refractivity contribution >= 4 is 0 Å². The highest BCUT2D eigenvalue weighted by atomic mass is 16.7. The highest BCUT2D eigenvalue weighted by molar-refractivity contribution is 5.25. The zero-order chi connectivity index (χ0) is 20.2. The minimum atomic E-state index is -0.293. The Morgan fingerprint density at radius 3 is 2.55 bits per heavy atom. The van der Waals surface area contributed by atoms with E-state index in [1.807, 2.05) is 5.57 Å². The maximum Gasteiger partial charge on any atom is 0.172 e. The van der Waals surface area contributed by atoms with Gasteiger partial charge in [-0.05, 0) is 99.7 Å². The molecule has 2 aliphatic heterocycles. The van der Waals surface area contributed by atoms with Crippen molar-refractivity contribution in [2.45, 2.75) is 116 Å². The molecule has 2 nitrogen and oxygen atoms in total. The second kappa shape index (κ2) is 5.91. The molecule has 29 heavy (non-hydrogen) atoms. The molecule has 0 aromatic heterocycles. The summed E-state index contributed by atoms with van der Waals surface area (Å²) in [5.41, 5.74) is 2.76. The van der Waals surface area contributed by atoms with E-state index in [0.29, 0.717) is 28.8 Å². The number of ether oxygens (including phenoxy) is 2. The summed E-state index contributed by atoms with van der Waals surface area (Å²) in [4.78, 5) is 0. The Bertz CT molecular complexity index is 739. The van der Waals surface area contributed by atoms with E-state index in [-0.39, 0.29) is 11.4 Å². The van der Waals surface area contributed by atoms with Gasteiger partial charge in [0.15, 0.2) is 5.79 Å². The molecule has 2 heteroatoms. The van der Waals surface area contributed by atoms with Crippen molar-refractivity contribution in [2.24, 2.45) is 40.4 Å². The van der Waals surface area contributed by atoms with E-state index >= 15 is 0 Å². The van der Waals surface area contributed by atoms with E-state index < -0.39 is 0 Å². The fourth-order valence-corrected chi connectivity index (χ4v) is 9.83. The first-order chi connectivity index (χ1) is 13.7. The quantitative estimate of drug-likeness (QED) is 0.414. The number of allylic oxidation sites excluding steroid dienone is 2.